The van der Waals surface area contributed by atoms with Crippen LogP contribution in [0.25, 0.3) is 16.9 Å². The molecule has 4 nitrogen and oxygen atoms in total. The third-order valence-corrected chi connectivity index (χ3v) is 7.39. The first-order chi connectivity index (χ1) is 17.1. The van der Waals surface area contributed by atoms with Crippen molar-refractivity contribution in [1.29, 1.82) is 0 Å². The highest BCUT2D eigenvalue weighted by molar-refractivity contribution is 6.42. The second-order valence-electron chi connectivity index (χ2n) is 9.16. The van der Waals surface area contributed by atoms with Crippen molar-refractivity contribution in [3.8, 4) is 16.9 Å². The van der Waals surface area contributed by atoms with E-state index in [1.165, 1.54) is 11.1 Å². The van der Waals surface area contributed by atoms with Gasteiger partial charge in [0.2, 0.25) is 0 Å². The van der Waals surface area contributed by atoms with Crippen LogP contribution >= 0.6 is 23.2 Å². The lowest BCUT2D eigenvalue weighted by Gasteiger charge is -2.36. The van der Waals surface area contributed by atoms with Gasteiger partial charge in [-0.15, -0.1) is 0 Å². The number of halogens is 2. The van der Waals surface area contributed by atoms with Crippen LogP contribution in [-0.4, -0.2) is 47.4 Å². The van der Waals surface area contributed by atoms with E-state index in [0.29, 0.717) is 10.0 Å². The third kappa shape index (κ3) is 5.72. The molecule has 1 aromatic heterocycles. The Bertz CT molecular complexity index is 1260. The predicted octanol–water partition coefficient (Wildman–Crippen LogP) is 6.91. The molecular formula is C29H30Cl2N4. The zero-order valence-corrected chi connectivity index (χ0v) is 21.5. The van der Waals surface area contributed by atoms with Gasteiger partial charge in [0, 0.05) is 37.4 Å². The molecule has 35 heavy (non-hydrogen) atoms. The van der Waals surface area contributed by atoms with Crippen LogP contribution in [0.3, 0.4) is 0 Å². The van der Waals surface area contributed by atoms with Crippen LogP contribution < -0.4 is 4.90 Å². The van der Waals surface area contributed by atoms with E-state index in [1.54, 1.807) is 0 Å². The van der Waals surface area contributed by atoms with E-state index in [0.717, 1.165) is 68.3 Å². The van der Waals surface area contributed by atoms with Crippen molar-refractivity contribution >= 4 is 28.9 Å². The Labute approximate surface area is 217 Å². The predicted molar refractivity (Wildman–Crippen MR) is 147 cm³/mol. The van der Waals surface area contributed by atoms with Crippen LogP contribution in [0.2, 0.25) is 10.0 Å². The van der Waals surface area contributed by atoms with Crippen LogP contribution in [0.4, 0.5) is 5.69 Å². The van der Waals surface area contributed by atoms with Gasteiger partial charge in [-0.1, -0.05) is 71.2 Å². The van der Waals surface area contributed by atoms with Crippen LogP contribution in [-0.2, 0) is 6.42 Å². The Morgan fingerprint density at radius 3 is 2.23 bits per heavy atom. The fourth-order valence-corrected chi connectivity index (χ4v) is 4.94. The Balaban J connectivity index is 1.21. The van der Waals surface area contributed by atoms with Crippen molar-refractivity contribution in [2.24, 2.45) is 0 Å². The smallest absolute Gasteiger partial charge is 0.0743 e. The maximum Gasteiger partial charge on any atom is 0.0743 e. The number of hydrogen-bond acceptors (Lipinski definition) is 3. The van der Waals surface area contributed by atoms with E-state index < -0.39 is 0 Å². The molecule has 0 saturated carbocycles. The highest BCUT2D eigenvalue weighted by Crippen LogP contribution is 2.28. The first-order valence-electron chi connectivity index (χ1n) is 12.2. The summed E-state index contributed by atoms with van der Waals surface area (Å²) < 4.78 is 2.08. The number of para-hydroxylation sites is 1. The number of hydrogen-bond donors (Lipinski definition) is 0. The van der Waals surface area contributed by atoms with Crippen LogP contribution in [0, 0.1) is 6.92 Å². The van der Waals surface area contributed by atoms with Gasteiger partial charge in [0.05, 0.1) is 27.1 Å². The molecule has 2 heterocycles. The third-order valence-electron chi connectivity index (χ3n) is 6.66. The number of rotatable bonds is 7. The van der Waals surface area contributed by atoms with Gasteiger partial charge in [0.1, 0.15) is 0 Å². The zero-order chi connectivity index (χ0) is 24.2. The number of aryl methyl sites for hydroxylation is 2. The molecule has 3 aromatic carbocycles. The van der Waals surface area contributed by atoms with E-state index in [1.807, 2.05) is 18.2 Å². The van der Waals surface area contributed by atoms with E-state index in [-0.39, 0.29) is 0 Å². The van der Waals surface area contributed by atoms with Crippen molar-refractivity contribution in [2.75, 3.05) is 37.6 Å². The highest BCUT2D eigenvalue weighted by atomic mass is 35.5. The summed E-state index contributed by atoms with van der Waals surface area (Å²) in [6.07, 6.45) is 2.05. The van der Waals surface area contributed by atoms with Gasteiger partial charge >= 0.3 is 0 Å². The monoisotopic (exact) mass is 504 g/mol. The molecule has 0 N–H and O–H groups in total. The fraction of sp³-hybridized carbons (Fsp3) is 0.276. The molecule has 0 radical (unpaired) electrons. The molecule has 5 rings (SSSR count). The van der Waals surface area contributed by atoms with Crippen molar-refractivity contribution in [3.05, 3.63) is 100 Å². The fourth-order valence-electron chi connectivity index (χ4n) is 4.64. The molecule has 1 fully saturated rings. The van der Waals surface area contributed by atoms with Crippen LogP contribution in [0.15, 0.2) is 78.9 Å². The number of nitrogens with zero attached hydrogens (tertiary/aromatic N) is 4. The molecule has 0 spiro atoms. The second kappa shape index (κ2) is 10.9. The lowest BCUT2D eigenvalue weighted by atomic mass is 10.1. The number of aromatic nitrogens is 2. The first kappa shape index (κ1) is 23.9. The van der Waals surface area contributed by atoms with Gasteiger partial charge in [-0.25, -0.2) is 4.68 Å². The molecule has 0 atom stereocenters. The van der Waals surface area contributed by atoms with Gasteiger partial charge in [0.25, 0.3) is 0 Å². The summed E-state index contributed by atoms with van der Waals surface area (Å²) in [6, 6.07) is 27.2. The molecule has 1 aliphatic rings. The Kier molecular flexibility index (Phi) is 7.43. The molecule has 180 valence electrons. The van der Waals surface area contributed by atoms with Gasteiger partial charge in [-0.05, 0) is 62.7 Å². The van der Waals surface area contributed by atoms with Gasteiger partial charge in [-0.2, -0.15) is 5.10 Å². The highest BCUT2D eigenvalue weighted by Gasteiger charge is 2.18. The van der Waals surface area contributed by atoms with Gasteiger partial charge < -0.3 is 4.90 Å². The average Bonchev–Trinajstić information content (AvgIpc) is 3.31. The first-order valence-corrected chi connectivity index (χ1v) is 13.0. The van der Waals surface area contributed by atoms with Crippen molar-refractivity contribution in [2.45, 2.75) is 19.8 Å². The summed E-state index contributed by atoms with van der Waals surface area (Å²) in [5.74, 6) is 0. The molecule has 1 aliphatic heterocycles. The lowest BCUT2D eigenvalue weighted by molar-refractivity contribution is 0.255. The minimum atomic E-state index is 0.606. The lowest BCUT2D eigenvalue weighted by Crippen LogP contribution is -2.46. The Hall–Kier alpha value is -2.79. The van der Waals surface area contributed by atoms with Crippen molar-refractivity contribution in [1.82, 2.24) is 14.7 Å². The summed E-state index contributed by atoms with van der Waals surface area (Å²) in [5.41, 5.74) is 6.97. The molecule has 4 aromatic rings. The zero-order valence-electron chi connectivity index (χ0n) is 20.0. The maximum atomic E-state index is 6.21. The largest absolute Gasteiger partial charge is 0.369 e. The van der Waals surface area contributed by atoms with E-state index in [9.17, 15) is 0 Å². The quantitative estimate of drug-likeness (QED) is 0.273. The Morgan fingerprint density at radius 1 is 0.771 bits per heavy atom. The summed E-state index contributed by atoms with van der Waals surface area (Å²) in [6.45, 7) is 7.29. The molecule has 0 unspecified atom stereocenters. The number of piperazine rings is 1. The normalized spacial score (nSPS) is 14.4. The summed E-state index contributed by atoms with van der Waals surface area (Å²) >= 11 is 12.3. The SMILES string of the molecule is Cc1ccc(-c2cc(CCCN3CCN(c4ccc(Cl)c(Cl)c4)CC3)nn2-c2ccccc2)cc1. The van der Waals surface area contributed by atoms with E-state index >= 15 is 0 Å². The molecule has 0 bridgehead atoms. The molecule has 0 amide bonds. The summed E-state index contributed by atoms with van der Waals surface area (Å²) in [4.78, 5) is 4.93. The topological polar surface area (TPSA) is 24.3 Å². The number of benzene rings is 3. The van der Waals surface area contributed by atoms with Crippen LogP contribution in [0.1, 0.15) is 17.7 Å². The summed E-state index contributed by atoms with van der Waals surface area (Å²) in [7, 11) is 0. The standard InChI is InChI=1S/C29H30Cl2N4/c1-22-9-11-23(12-10-22)29-20-24(32-35(29)25-7-3-2-4-8-25)6-5-15-33-16-18-34(19-17-33)26-13-14-27(30)28(31)21-26/h2-4,7-14,20-21H,5-6,15-19H2,1H3. The number of anilines is 1. The Morgan fingerprint density at radius 2 is 1.51 bits per heavy atom. The molecule has 0 aliphatic carbocycles. The van der Waals surface area contributed by atoms with Crippen molar-refractivity contribution < 1.29 is 0 Å². The van der Waals surface area contributed by atoms with E-state index in [2.05, 4.69) is 82.1 Å². The van der Waals surface area contributed by atoms with Crippen LogP contribution in [0.5, 0.6) is 0 Å². The summed E-state index contributed by atoms with van der Waals surface area (Å²) in [5, 5.41) is 6.22. The minimum Gasteiger partial charge on any atom is -0.369 e. The second-order valence-corrected chi connectivity index (χ2v) is 9.98. The molecule has 1 saturated heterocycles. The van der Waals surface area contributed by atoms with E-state index in [4.69, 9.17) is 28.3 Å². The van der Waals surface area contributed by atoms with Gasteiger partial charge in [0.15, 0.2) is 0 Å². The molecular weight excluding hydrogens is 475 g/mol. The minimum absolute atomic E-state index is 0.606. The average molecular weight is 505 g/mol. The maximum absolute atomic E-state index is 6.21. The van der Waals surface area contributed by atoms with Gasteiger partial charge in [-0.3, -0.25) is 4.90 Å². The molecule has 6 heteroatoms. The van der Waals surface area contributed by atoms with Crippen molar-refractivity contribution in [3.63, 3.8) is 0 Å².